The molecule has 1 heterocycles. The molecule has 6 heteroatoms. The van der Waals surface area contributed by atoms with Crippen LogP contribution in [0.2, 0.25) is 0 Å². The van der Waals surface area contributed by atoms with Crippen LogP contribution in [0.4, 0.5) is 5.69 Å². The van der Waals surface area contributed by atoms with Gasteiger partial charge in [0.1, 0.15) is 13.1 Å². The highest BCUT2D eigenvalue weighted by Crippen LogP contribution is 2.11. The first kappa shape index (κ1) is 18.0. The molecule has 1 aliphatic rings. The van der Waals surface area contributed by atoms with Crippen LogP contribution in [-0.2, 0) is 11.3 Å². The summed E-state index contributed by atoms with van der Waals surface area (Å²) in [6.45, 7) is 6.93. The molecule has 2 rings (SSSR count). The Kier molecular flexibility index (Phi) is 7.58. The molecule has 128 valence electrons. The molecule has 1 aliphatic heterocycles. The molecule has 1 saturated heterocycles. The summed E-state index contributed by atoms with van der Waals surface area (Å²) >= 11 is 5.33. The summed E-state index contributed by atoms with van der Waals surface area (Å²) in [5.41, 5.74) is 2.44. The topological polar surface area (TPSA) is 41.0 Å². The SMILES string of the molecule is CN(C)c1ccc(CNC(=S)NCCC[NH+]2CCOCC2)cc1. The molecule has 0 unspecified atom stereocenters. The van der Waals surface area contributed by atoms with Gasteiger partial charge in [0, 0.05) is 39.3 Å². The highest BCUT2D eigenvalue weighted by molar-refractivity contribution is 7.80. The summed E-state index contributed by atoms with van der Waals surface area (Å²) in [5, 5.41) is 7.29. The van der Waals surface area contributed by atoms with E-state index in [4.69, 9.17) is 17.0 Å². The Morgan fingerprint density at radius 2 is 1.87 bits per heavy atom. The minimum atomic E-state index is 0.735. The van der Waals surface area contributed by atoms with Crippen molar-refractivity contribution in [1.82, 2.24) is 10.6 Å². The van der Waals surface area contributed by atoms with Crippen LogP contribution < -0.4 is 20.4 Å². The molecule has 0 saturated carbocycles. The molecule has 3 N–H and O–H groups in total. The minimum Gasteiger partial charge on any atom is -0.378 e. The maximum Gasteiger partial charge on any atom is 0.166 e. The molecule has 23 heavy (non-hydrogen) atoms. The predicted octanol–water partition coefficient (Wildman–Crippen LogP) is 0.0219. The van der Waals surface area contributed by atoms with Crippen LogP contribution in [0.1, 0.15) is 12.0 Å². The highest BCUT2D eigenvalue weighted by atomic mass is 32.1. The summed E-state index contributed by atoms with van der Waals surface area (Å²) in [7, 11) is 4.09. The number of rotatable bonds is 7. The van der Waals surface area contributed by atoms with Crippen molar-refractivity contribution in [2.75, 3.05) is 58.4 Å². The number of ether oxygens (including phenoxy) is 1. The highest BCUT2D eigenvalue weighted by Gasteiger charge is 2.12. The van der Waals surface area contributed by atoms with Crippen molar-refractivity contribution >= 4 is 23.0 Å². The van der Waals surface area contributed by atoms with Crippen molar-refractivity contribution in [2.24, 2.45) is 0 Å². The van der Waals surface area contributed by atoms with Gasteiger partial charge in [0.15, 0.2) is 5.11 Å². The Balaban J connectivity index is 1.57. The molecule has 0 radical (unpaired) electrons. The fraction of sp³-hybridized carbons (Fsp3) is 0.588. The first-order chi connectivity index (χ1) is 11.1. The third-order valence-corrected chi connectivity index (χ3v) is 4.39. The lowest BCUT2D eigenvalue weighted by molar-refractivity contribution is -0.908. The van der Waals surface area contributed by atoms with Gasteiger partial charge in [-0.2, -0.15) is 0 Å². The molecule has 0 amide bonds. The summed E-state index contributed by atoms with van der Waals surface area (Å²) < 4.78 is 5.37. The van der Waals surface area contributed by atoms with Gasteiger partial charge in [0.2, 0.25) is 0 Å². The number of nitrogens with one attached hydrogen (secondary N) is 3. The average molecular weight is 338 g/mol. The van der Waals surface area contributed by atoms with Gasteiger partial charge >= 0.3 is 0 Å². The lowest BCUT2D eigenvalue weighted by Gasteiger charge is -2.23. The van der Waals surface area contributed by atoms with Crippen LogP contribution >= 0.6 is 12.2 Å². The number of quaternary nitrogens is 1. The van der Waals surface area contributed by atoms with E-state index in [1.807, 2.05) is 14.1 Å². The van der Waals surface area contributed by atoms with E-state index in [-0.39, 0.29) is 0 Å². The predicted molar refractivity (Wildman–Crippen MR) is 99.2 cm³/mol. The molecular formula is C17H29N4OS+. The molecule has 0 aromatic heterocycles. The van der Waals surface area contributed by atoms with Gasteiger partial charge in [-0.15, -0.1) is 0 Å². The molecule has 0 atom stereocenters. The summed E-state index contributed by atoms with van der Waals surface area (Å²) in [5.74, 6) is 0. The van der Waals surface area contributed by atoms with E-state index < -0.39 is 0 Å². The van der Waals surface area contributed by atoms with Gasteiger partial charge in [-0.05, 0) is 29.9 Å². The molecule has 0 aliphatic carbocycles. The lowest BCUT2D eigenvalue weighted by Crippen LogP contribution is -3.14. The molecule has 1 fully saturated rings. The zero-order valence-corrected chi connectivity index (χ0v) is 15.0. The molecule has 0 spiro atoms. The summed E-state index contributed by atoms with van der Waals surface area (Å²) in [6, 6.07) is 8.51. The van der Waals surface area contributed by atoms with Crippen LogP contribution in [0.3, 0.4) is 0 Å². The van der Waals surface area contributed by atoms with Crippen LogP contribution in [0.15, 0.2) is 24.3 Å². The van der Waals surface area contributed by atoms with Crippen molar-refractivity contribution in [3.05, 3.63) is 29.8 Å². The number of benzene rings is 1. The van der Waals surface area contributed by atoms with E-state index in [0.717, 1.165) is 50.9 Å². The second kappa shape index (κ2) is 9.70. The van der Waals surface area contributed by atoms with E-state index in [1.54, 1.807) is 4.90 Å². The number of nitrogens with zero attached hydrogens (tertiary/aromatic N) is 1. The van der Waals surface area contributed by atoms with E-state index in [9.17, 15) is 0 Å². The zero-order chi connectivity index (χ0) is 16.5. The molecular weight excluding hydrogens is 308 g/mol. The normalized spacial score (nSPS) is 15.2. The first-order valence-electron chi connectivity index (χ1n) is 8.34. The monoisotopic (exact) mass is 337 g/mol. The molecule has 0 bridgehead atoms. The van der Waals surface area contributed by atoms with Crippen molar-refractivity contribution in [3.8, 4) is 0 Å². The largest absolute Gasteiger partial charge is 0.378 e. The van der Waals surface area contributed by atoms with E-state index in [0.29, 0.717) is 0 Å². The maximum absolute atomic E-state index is 5.37. The number of thiocarbonyl (C=S) groups is 1. The third kappa shape index (κ3) is 6.72. The number of morpholine rings is 1. The van der Waals surface area contributed by atoms with Crippen LogP contribution in [0.25, 0.3) is 0 Å². The Morgan fingerprint density at radius 3 is 2.52 bits per heavy atom. The quantitative estimate of drug-likeness (QED) is 0.484. The van der Waals surface area contributed by atoms with Gasteiger partial charge in [-0.25, -0.2) is 0 Å². The van der Waals surface area contributed by atoms with Crippen LogP contribution in [-0.4, -0.2) is 58.6 Å². The molecule has 1 aromatic carbocycles. The van der Waals surface area contributed by atoms with Gasteiger partial charge < -0.3 is 25.2 Å². The summed E-state index contributed by atoms with van der Waals surface area (Å²) in [4.78, 5) is 3.73. The Morgan fingerprint density at radius 1 is 1.17 bits per heavy atom. The Labute approximate surface area is 145 Å². The fourth-order valence-electron chi connectivity index (χ4n) is 2.61. The Hall–Kier alpha value is -1.37. The van der Waals surface area contributed by atoms with Crippen LogP contribution in [0.5, 0.6) is 0 Å². The Bertz CT molecular complexity index is 472. The van der Waals surface area contributed by atoms with Crippen molar-refractivity contribution in [1.29, 1.82) is 0 Å². The van der Waals surface area contributed by atoms with E-state index >= 15 is 0 Å². The molecule has 1 aromatic rings. The van der Waals surface area contributed by atoms with E-state index in [1.165, 1.54) is 17.8 Å². The second-order valence-electron chi connectivity index (χ2n) is 6.14. The number of hydrogen-bond donors (Lipinski definition) is 3. The smallest absolute Gasteiger partial charge is 0.166 e. The van der Waals surface area contributed by atoms with Crippen molar-refractivity contribution < 1.29 is 9.64 Å². The van der Waals surface area contributed by atoms with Gasteiger partial charge in [0.05, 0.1) is 19.8 Å². The van der Waals surface area contributed by atoms with Crippen molar-refractivity contribution in [3.63, 3.8) is 0 Å². The van der Waals surface area contributed by atoms with Gasteiger partial charge in [0.25, 0.3) is 0 Å². The van der Waals surface area contributed by atoms with Crippen LogP contribution in [0, 0.1) is 0 Å². The van der Waals surface area contributed by atoms with Crippen molar-refractivity contribution in [2.45, 2.75) is 13.0 Å². The standard InChI is InChI=1S/C17H28N4OS/c1-20(2)16-6-4-15(5-7-16)14-19-17(23)18-8-3-9-21-10-12-22-13-11-21/h4-7H,3,8-14H2,1-2H3,(H2,18,19,23)/p+1. The van der Waals surface area contributed by atoms with E-state index in [2.05, 4.69) is 39.8 Å². The average Bonchev–Trinajstić information content (AvgIpc) is 2.58. The fourth-order valence-corrected chi connectivity index (χ4v) is 2.78. The minimum absolute atomic E-state index is 0.735. The molecule has 5 nitrogen and oxygen atoms in total. The summed E-state index contributed by atoms with van der Waals surface area (Å²) in [6.07, 6.45) is 1.13. The zero-order valence-electron chi connectivity index (χ0n) is 14.2. The van der Waals surface area contributed by atoms with Gasteiger partial charge in [-0.3, -0.25) is 0 Å². The number of anilines is 1. The second-order valence-corrected chi connectivity index (χ2v) is 6.54. The first-order valence-corrected chi connectivity index (χ1v) is 8.75. The third-order valence-electron chi connectivity index (χ3n) is 4.10. The maximum atomic E-state index is 5.37. The number of hydrogen-bond acceptors (Lipinski definition) is 3. The van der Waals surface area contributed by atoms with Gasteiger partial charge in [-0.1, -0.05) is 12.1 Å². The lowest BCUT2D eigenvalue weighted by atomic mass is 10.2.